The first kappa shape index (κ1) is 13.1. The van der Waals surface area contributed by atoms with Crippen LogP contribution in [0.3, 0.4) is 0 Å². The van der Waals surface area contributed by atoms with E-state index in [0.717, 1.165) is 17.7 Å². The SMILES string of the molecule is CCc1ccc(OCc2ccc(F)c(C#N)c2)cc1. The summed E-state index contributed by atoms with van der Waals surface area (Å²) in [5.41, 5.74) is 2.07. The molecule has 0 saturated heterocycles. The van der Waals surface area contributed by atoms with E-state index in [9.17, 15) is 4.39 Å². The van der Waals surface area contributed by atoms with E-state index in [1.54, 1.807) is 6.07 Å². The Bertz CT molecular complexity index is 599. The number of nitriles is 1. The molecule has 0 unspecified atom stereocenters. The fraction of sp³-hybridized carbons (Fsp3) is 0.188. The van der Waals surface area contributed by atoms with Gasteiger partial charge in [-0.25, -0.2) is 4.39 Å². The van der Waals surface area contributed by atoms with Gasteiger partial charge in [0.1, 0.15) is 24.2 Å². The van der Waals surface area contributed by atoms with Crippen molar-refractivity contribution in [3.05, 3.63) is 65.0 Å². The molecule has 0 aliphatic carbocycles. The standard InChI is InChI=1S/C16H14FNO/c1-2-12-3-6-15(7-4-12)19-11-13-5-8-16(17)14(9-13)10-18/h3-9H,2,11H2,1H3. The lowest BCUT2D eigenvalue weighted by atomic mass is 10.1. The van der Waals surface area contributed by atoms with Crippen LogP contribution in [0.15, 0.2) is 42.5 Å². The zero-order chi connectivity index (χ0) is 13.7. The second-order valence-electron chi connectivity index (χ2n) is 4.21. The lowest BCUT2D eigenvalue weighted by Crippen LogP contribution is -1.97. The Labute approximate surface area is 112 Å². The lowest BCUT2D eigenvalue weighted by Gasteiger charge is -2.07. The molecule has 0 amide bonds. The maximum absolute atomic E-state index is 13.2. The molecule has 0 spiro atoms. The highest BCUT2D eigenvalue weighted by molar-refractivity contribution is 5.34. The highest BCUT2D eigenvalue weighted by Gasteiger charge is 2.03. The number of nitrogens with zero attached hydrogens (tertiary/aromatic N) is 1. The van der Waals surface area contributed by atoms with Gasteiger partial charge in [-0.1, -0.05) is 25.1 Å². The monoisotopic (exact) mass is 255 g/mol. The number of aryl methyl sites for hydroxylation is 1. The molecule has 19 heavy (non-hydrogen) atoms. The molecule has 0 aliphatic rings. The van der Waals surface area contributed by atoms with Crippen LogP contribution in [-0.4, -0.2) is 0 Å². The molecule has 2 aromatic carbocycles. The zero-order valence-electron chi connectivity index (χ0n) is 10.7. The van der Waals surface area contributed by atoms with E-state index < -0.39 is 5.82 Å². The summed E-state index contributed by atoms with van der Waals surface area (Å²) in [6.07, 6.45) is 0.990. The smallest absolute Gasteiger partial charge is 0.140 e. The molecule has 3 heteroatoms. The average molecular weight is 255 g/mol. The van der Waals surface area contributed by atoms with Gasteiger partial charge < -0.3 is 4.74 Å². The number of ether oxygens (including phenoxy) is 1. The molecule has 0 saturated carbocycles. The van der Waals surface area contributed by atoms with E-state index >= 15 is 0 Å². The van der Waals surface area contributed by atoms with E-state index in [4.69, 9.17) is 10.00 Å². The molecule has 0 atom stereocenters. The molecule has 2 rings (SSSR count). The molecule has 0 aliphatic heterocycles. The van der Waals surface area contributed by atoms with E-state index in [-0.39, 0.29) is 5.56 Å². The second-order valence-corrected chi connectivity index (χ2v) is 4.21. The number of hydrogen-bond acceptors (Lipinski definition) is 2. The molecular weight excluding hydrogens is 241 g/mol. The maximum atomic E-state index is 13.2. The zero-order valence-corrected chi connectivity index (χ0v) is 10.7. The predicted molar refractivity (Wildman–Crippen MR) is 71.3 cm³/mol. The van der Waals surface area contributed by atoms with Gasteiger partial charge in [-0.2, -0.15) is 5.26 Å². The Hall–Kier alpha value is -2.34. The molecule has 96 valence electrons. The van der Waals surface area contributed by atoms with Crippen LogP contribution >= 0.6 is 0 Å². The van der Waals surface area contributed by atoms with E-state index in [2.05, 4.69) is 6.92 Å². The van der Waals surface area contributed by atoms with Gasteiger partial charge in [0.05, 0.1) is 5.56 Å². The number of halogens is 1. The van der Waals surface area contributed by atoms with Crippen molar-refractivity contribution in [3.63, 3.8) is 0 Å². The van der Waals surface area contributed by atoms with Crippen molar-refractivity contribution < 1.29 is 9.13 Å². The van der Waals surface area contributed by atoms with Crippen LogP contribution in [0.5, 0.6) is 5.75 Å². The number of hydrogen-bond donors (Lipinski definition) is 0. The Balaban J connectivity index is 2.04. The van der Waals surface area contributed by atoms with Gasteiger partial charge >= 0.3 is 0 Å². The van der Waals surface area contributed by atoms with Crippen LogP contribution in [0.25, 0.3) is 0 Å². The number of benzene rings is 2. The van der Waals surface area contributed by atoms with Gasteiger partial charge in [0.15, 0.2) is 0 Å². The third kappa shape index (κ3) is 3.32. The Kier molecular flexibility index (Phi) is 4.15. The van der Waals surface area contributed by atoms with Crippen LogP contribution in [-0.2, 0) is 13.0 Å². The van der Waals surface area contributed by atoms with Crippen LogP contribution in [0, 0.1) is 17.1 Å². The highest BCUT2D eigenvalue weighted by atomic mass is 19.1. The third-order valence-electron chi connectivity index (χ3n) is 2.89. The van der Waals surface area contributed by atoms with Crippen molar-refractivity contribution in [1.82, 2.24) is 0 Å². The van der Waals surface area contributed by atoms with E-state index in [1.165, 1.54) is 17.7 Å². The van der Waals surface area contributed by atoms with Crippen LogP contribution < -0.4 is 4.74 Å². The molecule has 2 nitrogen and oxygen atoms in total. The number of rotatable bonds is 4. The van der Waals surface area contributed by atoms with Crippen molar-refractivity contribution >= 4 is 0 Å². The van der Waals surface area contributed by atoms with Gasteiger partial charge in [0.25, 0.3) is 0 Å². The summed E-state index contributed by atoms with van der Waals surface area (Å²) in [4.78, 5) is 0. The van der Waals surface area contributed by atoms with Gasteiger partial charge in [0.2, 0.25) is 0 Å². The summed E-state index contributed by atoms with van der Waals surface area (Å²) in [7, 11) is 0. The second kappa shape index (κ2) is 6.01. The first-order valence-electron chi connectivity index (χ1n) is 6.13. The van der Waals surface area contributed by atoms with Crippen molar-refractivity contribution in [3.8, 4) is 11.8 Å². The van der Waals surface area contributed by atoms with Crippen molar-refractivity contribution in [2.24, 2.45) is 0 Å². The Morgan fingerprint density at radius 1 is 1.11 bits per heavy atom. The third-order valence-corrected chi connectivity index (χ3v) is 2.89. The summed E-state index contributed by atoms with van der Waals surface area (Å²) in [6.45, 7) is 2.41. The fourth-order valence-electron chi connectivity index (χ4n) is 1.74. The molecular formula is C16H14FNO. The van der Waals surface area contributed by atoms with Crippen LogP contribution in [0.4, 0.5) is 4.39 Å². The van der Waals surface area contributed by atoms with Gasteiger partial charge in [0, 0.05) is 0 Å². The molecule has 0 N–H and O–H groups in total. The first-order valence-corrected chi connectivity index (χ1v) is 6.13. The van der Waals surface area contributed by atoms with Gasteiger partial charge in [-0.15, -0.1) is 0 Å². The van der Waals surface area contributed by atoms with E-state index in [1.807, 2.05) is 30.3 Å². The quantitative estimate of drug-likeness (QED) is 0.831. The Morgan fingerprint density at radius 2 is 1.79 bits per heavy atom. The van der Waals surface area contributed by atoms with Crippen molar-refractivity contribution in [2.45, 2.75) is 20.0 Å². The molecule has 0 bridgehead atoms. The van der Waals surface area contributed by atoms with Crippen molar-refractivity contribution in [1.29, 1.82) is 5.26 Å². The van der Waals surface area contributed by atoms with Crippen molar-refractivity contribution in [2.75, 3.05) is 0 Å². The molecule has 0 radical (unpaired) electrons. The normalized spacial score (nSPS) is 9.95. The molecule has 0 aromatic heterocycles. The minimum absolute atomic E-state index is 0.0439. The summed E-state index contributed by atoms with van der Waals surface area (Å²) < 4.78 is 18.8. The minimum atomic E-state index is -0.501. The maximum Gasteiger partial charge on any atom is 0.140 e. The fourth-order valence-corrected chi connectivity index (χ4v) is 1.74. The topological polar surface area (TPSA) is 33.0 Å². The van der Waals surface area contributed by atoms with Gasteiger partial charge in [-0.05, 0) is 41.8 Å². The summed E-state index contributed by atoms with van der Waals surface area (Å²) >= 11 is 0. The van der Waals surface area contributed by atoms with Crippen LogP contribution in [0.1, 0.15) is 23.6 Å². The summed E-state index contributed by atoms with van der Waals surface area (Å²) in [6, 6.07) is 14.1. The predicted octanol–water partition coefficient (Wildman–Crippen LogP) is 3.84. The highest BCUT2D eigenvalue weighted by Crippen LogP contribution is 2.16. The minimum Gasteiger partial charge on any atom is -0.489 e. The van der Waals surface area contributed by atoms with Crippen LogP contribution in [0.2, 0.25) is 0 Å². The largest absolute Gasteiger partial charge is 0.489 e. The Morgan fingerprint density at radius 3 is 2.42 bits per heavy atom. The first-order chi connectivity index (χ1) is 9.22. The lowest BCUT2D eigenvalue weighted by molar-refractivity contribution is 0.306. The summed E-state index contributed by atoms with van der Waals surface area (Å²) in [5, 5.41) is 8.75. The molecule has 0 fully saturated rings. The molecule has 2 aromatic rings. The van der Waals surface area contributed by atoms with Gasteiger partial charge in [-0.3, -0.25) is 0 Å². The summed E-state index contributed by atoms with van der Waals surface area (Å²) in [5.74, 6) is 0.263. The molecule has 0 heterocycles. The van der Waals surface area contributed by atoms with E-state index in [0.29, 0.717) is 6.61 Å². The average Bonchev–Trinajstić information content (AvgIpc) is 2.47.